The Morgan fingerprint density at radius 3 is 2.22 bits per heavy atom. The minimum atomic E-state index is -0.810. The summed E-state index contributed by atoms with van der Waals surface area (Å²) in [6.45, 7) is 8.85. The average molecular weight is 411 g/mol. The summed E-state index contributed by atoms with van der Waals surface area (Å²) in [5.74, 6) is -0.548. The molecule has 4 unspecified atom stereocenters. The first-order chi connectivity index (χ1) is 13.1. The van der Waals surface area contributed by atoms with Crippen LogP contribution in [0.25, 0.3) is 0 Å². The Hall–Kier alpha value is -0.380. The molecule has 4 atom stereocenters. The van der Waals surface area contributed by atoms with Crippen LogP contribution >= 0.6 is 12.0 Å². The molecule has 0 aliphatic rings. The fourth-order valence-electron chi connectivity index (χ4n) is 3.06. The van der Waals surface area contributed by atoms with Crippen molar-refractivity contribution in [1.29, 1.82) is 0 Å². The highest BCUT2D eigenvalue weighted by Crippen LogP contribution is 2.34. The number of carbonyl (C=O) groups is 1. The summed E-state index contributed by atoms with van der Waals surface area (Å²) in [5, 5.41) is 12.2. The Bertz CT molecular complexity index is 357. The van der Waals surface area contributed by atoms with Crippen molar-refractivity contribution in [2.45, 2.75) is 84.5 Å². The molecule has 0 aliphatic carbocycles. The minimum Gasteiger partial charge on any atom is -0.469 e. The monoisotopic (exact) mass is 410 g/mol. The molecule has 27 heavy (non-hydrogen) atoms. The van der Waals surface area contributed by atoms with E-state index in [4.69, 9.17) is 19.8 Å². The van der Waals surface area contributed by atoms with Gasteiger partial charge in [-0.2, -0.15) is 0 Å². The fraction of sp³-hybridized carbons (Fsp3) is 0.947. The molecule has 0 spiro atoms. The second kappa shape index (κ2) is 17.7. The zero-order valence-electron chi connectivity index (χ0n) is 17.5. The highest BCUT2D eigenvalue weighted by Gasteiger charge is 2.38. The number of ether oxygens (including phenoxy) is 1. The van der Waals surface area contributed by atoms with E-state index in [1.807, 2.05) is 6.92 Å². The van der Waals surface area contributed by atoms with E-state index >= 15 is 0 Å². The van der Waals surface area contributed by atoms with Crippen LogP contribution in [0, 0.1) is 17.8 Å². The molecule has 0 rings (SSSR count). The summed E-state index contributed by atoms with van der Waals surface area (Å²) in [7, 11) is 1.35. The molecule has 7 nitrogen and oxygen atoms in total. The summed E-state index contributed by atoms with van der Waals surface area (Å²) in [4.78, 5) is 23.5. The van der Waals surface area contributed by atoms with Crippen molar-refractivity contribution in [1.82, 2.24) is 0 Å². The topological polar surface area (TPSA) is 83.5 Å². The van der Waals surface area contributed by atoms with Crippen LogP contribution in [0.1, 0.15) is 79.1 Å². The second-order valence-corrected chi connectivity index (χ2v) is 7.56. The van der Waals surface area contributed by atoms with E-state index in [9.17, 15) is 4.79 Å². The number of carbonyl (C=O) groups excluding carboxylic acids is 1. The van der Waals surface area contributed by atoms with Crippen LogP contribution in [0.3, 0.4) is 0 Å². The van der Waals surface area contributed by atoms with E-state index in [2.05, 4.69) is 30.1 Å². The maximum atomic E-state index is 12.4. The first-order valence-electron chi connectivity index (χ1n) is 10.1. The van der Waals surface area contributed by atoms with Crippen molar-refractivity contribution in [2.24, 2.45) is 17.8 Å². The molecule has 0 aromatic heterocycles. The second-order valence-electron chi connectivity index (χ2n) is 6.76. The van der Waals surface area contributed by atoms with E-state index in [1.54, 1.807) is 0 Å². The lowest BCUT2D eigenvalue weighted by Crippen LogP contribution is -2.36. The predicted octanol–water partition coefficient (Wildman–Crippen LogP) is 5.55. The van der Waals surface area contributed by atoms with Gasteiger partial charge < -0.3 is 4.74 Å². The largest absolute Gasteiger partial charge is 0.469 e. The summed E-state index contributed by atoms with van der Waals surface area (Å²) in [6, 6.07) is 0. The van der Waals surface area contributed by atoms with E-state index < -0.39 is 17.3 Å². The third kappa shape index (κ3) is 11.3. The summed E-state index contributed by atoms with van der Waals surface area (Å²) in [5.41, 5.74) is -0.810. The van der Waals surface area contributed by atoms with Gasteiger partial charge >= 0.3 is 5.97 Å². The molecule has 0 heterocycles. The van der Waals surface area contributed by atoms with Gasteiger partial charge in [0.15, 0.2) is 5.44 Å². The van der Waals surface area contributed by atoms with Crippen LogP contribution in [-0.2, 0) is 28.7 Å². The number of rotatable bonds is 18. The summed E-state index contributed by atoms with van der Waals surface area (Å²) in [6.07, 6.45) is 8.01. The van der Waals surface area contributed by atoms with Crippen LogP contribution < -0.4 is 0 Å². The number of hydrogen-bond donors (Lipinski definition) is 1. The van der Waals surface area contributed by atoms with E-state index in [0.29, 0.717) is 24.6 Å². The standard InChI is InChI=1S/C19H38O7S/c1-6-10-12-15(8-3)14-23-24-19(27-26-25-21)17(18(20)22-5)16(9-4)13-11-7-2/h15-17,19,21H,6-14H2,1-5H3. The molecule has 0 amide bonds. The van der Waals surface area contributed by atoms with Gasteiger partial charge in [-0.15, -0.1) is 4.33 Å². The predicted molar refractivity (Wildman–Crippen MR) is 105 cm³/mol. The maximum Gasteiger partial charge on any atom is 0.312 e. The van der Waals surface area contributed by atoms with Gasteiger partial charge in [0.1, 0.15) is 5.92 Å². The van der Waals surface area contributed by atoms with Gasteiger partial charge in [0.05, 0.1) is 25.8 Å². The Kier molecular flexibility index (Phi) is 17.5. The third-order valence-corrected chi connectivity index (χ3v) is 5.60. The van der Waals surface area contributed by atoms with E-state index in [0.717, 1.165) is 51.4 Å². The normalized spacial score (nSPS) is 15.9. The Labute approximate surface area is 168 Å². The highest BCUT2D eigenvalue weighted by atomic mass is 32.2. The van der Waals surface area contributed by atoms with Crippen molar-refractivity contribution >= 4 is 18.0 Å². The molecular formula is C19H38O7S. The van der Waals surface area contributed by atoms with Gasteiger partial charge in [-0.3, -0.25) is 4.79 Å². The van der Waals surface area contributed by atoms with Crippen LogP contribution in [0.2, 0.25) is 0 Å². The van der Waals surface area contributed by atoms with Gasteiger partial charge in [0, 0.05) is 0 Å². The van der Waals surface area contributed by atoms with Gasteiger partial charge in [0.2, 0.25) is 0 Å². The van der Waals surface area contributed by atoms with E-state index in [-0.39, 0.29) is 5.92 Å². The van der Waals surface area contributed by atoms with E-state index in [1.165, 1.54) is 7.11 Å². The molecule has 1 N–H and O–H groups in total. The summed E-state index contributed by atoms with van der Waals surface area (Å²) >= 11 is 0.707. The fourth-order valence-corrected chi connectivity index (χ4v) is 3.71. The molecule has 0 saturated carbocycles. The number of unbranched alkanes of at least 4 members (excludes halogenated alkanes) is 2. The lowest BCUT2D eigenvalue weighted by molar-refractivity contribution is -0.434. The molecule has 0 radical (unpaired) electrons. The van der Waals surface area contributed by atoms with Crippen molar-refractivity contribution in [3.8, 4) is 0 Å². The average Bonchev–Trinajstić information content (AvgIpc) is 2.70. The van der Waals surface area contributed by atoms with Crippen molar-refractivity contribution in [3.63, 3.8) is 0 Å². The van der Waals surface area contributed by atoms with Crippen LogP contribution in [0.4, 0.5) is 0 Å². The molecule has 0 aromatic rings. The molecule has 0 fully saturated rings. The zero-order chi connectivity index (χ0) is 20.5. The molecule has 162 valence electrons. The van der Waals surface area contributed by atoms with Gasteiger partial charge in [0.25, 0.3) is 0 Å². The number of methoxy groups -OCH3 is 1. The van der Waals surface area contributed by atoms with Crippen molar-refractivity contribution in [2.75, 3.05) is 13.7 Å². The first kappa shape index (κ1) is 26.6. The quantitative estimate of drug-likeness (QED) is 0.103. The van der Waals surface area contributed by atoms with Crippen molar-refractivity contribution in [3.05, 3.63) is 0 Å². The van der Waals surface area contributed by atoms with Crippen LogP contribution in [0.5, 0.6) is 0 Å². The lowest BCUT2D eigenvalue weighted by Gasteiger charge is -2.29. The highest BCUT2D eigenvalue weighted by molar-refractivity contribution is 7.95. The molecule has 0 bridgehead atoms. The number of hydrogen-bond acceptors (Lipinski definition) is 8. The van der Waals surface area contributed by atoms with Gasteiger partial charge in [-0.05, 0) is 24.7 Å². The molecule has 0 aliphatic heterocycles. The Morgan fingerprint density at radius 1 is 1.04 bits per heavy atom. The molecule has 0 aromatic carbocycles. The zero-order valence-corrected chi connectivity index (χ0v) is 18.3. The molecule has 8 heteroatoms. The Morgan fingerprint density at radius 2 is 1.70 bits per heavy atom. The minimum absolute atomic E-state index is 0.0443. The maximum absolute atomic E-state index is 12.4. The molecular weight excluding hydrogens is 372 g/mol. The first-order valence-corrected chi connectivity index (χ1v) is 10.9. The molecule has 0 saturated heterocycles. The summed E-state index contributed by atoms with van der Waals surface area (Å²) < 4.78 is 9.57. The van der Waals surface area contributed by atoms with Gasteiger partial charge in [-0.1, -0.05) is 71.3 Å². The SMILES string of the molecule is CCCCC(CC)COOC(SOOO)C(C(=O)OC)C(CC)CCCC. The number of esters is 1. The van der Waals surface area contributed by atoms with Crippen molar-refractivity contribution < 1.29 is 33.9 Å². The Balaban J connectivity index is 5.04. The lowest BCUT2D eigenvalue weighted by atomic mass is 9.86. The third-order valence-electron chi connectivity index (χ3n) is 4.90. The smallest absolute Gasteiger partial charge is 0.312 e. The van der Waals surface area contributed by atoms with Gasteiger partial charge in [-0.25, -0.2) is 15.0 Å². The van der Waals surface area contributed by atoms with Crippen LogP contribution in [0.15, 0.2) is 0 Å². The van der Waals surface area contributed by atoms with Crippen LogP contribution in [-0.4, -0.2) is 30.4 Å².